The van der Waals surface area contributed by atoms with Crippen molar-refractivity contribution in [3.8, 4) is 17.2 Å². The molecule has 0 fully saturated rings. The fourth-order valence-electron chi connectivity index (χ4n) is 1.38. The number of anilines is 1. The monoisotopic (exact) mass is 312 g/mol. The van der Waals surface area contributed by atoms with Gasteiger partial charge in [-0.2, -0.15) is 0 Å². The Morgan fingerprint density at radius 3 is 2.67 bits per heavy atom. The van der Waals surface area contributed by atoms with Crippen LogP contribution in [0.4, 0.5) is 10.1 Å². The molecule has 2 aromatic rings. The molecule has 0 spiro atoms. The van der Waals surface area contributed by atoms with Crippen LogP contribution in [0.5, 0.6) is 17.2 Å². The number of hydrogen-bond donors (Lipinski definition) is 1. The van der Waals surface area contributed by atoms with Gasteiger partial charge in [-0.05, 0) is 22.0 Å². The van der Waals surface area contributed by atoms with Gasteiger partial charge in [0.1, 0.15) is 11.5 Å². The second kappa shape index (κ2) is 5.22. The first kappa shape index (κ1) is 12.6. The molecule has 2 N–H and O–H groups in total. The Morgan fingerprint density at radius 2 is 2.00 bits per heavy atom. The lowest BCUT2D eigenvalue weighted by molar-refractivity contribution is 0.402. The van der Waals surface area contributed by atoms with E-state index in [4.69, 9.17) is 15.2 Å². The van der Waals surface area contributed by atoms with Crippen LogP contribution in [0.15, 0.2) is 35.1 Å². The summed E-state index contributed by atoms with van der Waals surface area (Å²) < 4.78 is 24.8. The lowest BCUT2D eigenvalue weighted by Gasteiger charge is -2.10. The third-order valence-corrected chi connectivity index (χ3v) is 2.63. The maximum Gasteiger partial charge on any atom is 0.168 e. The van der Waals surface area contributed by atoms with E-state index in [1.54, 1.807) is 12.3 Å². The number of nitrogens with two attached hydrogens (primary N) is 1. The van der Waals surface area contributed by atoms with Crippen molar-refractivity contribution < 1.29 is 13.9 Å². The Bertz CT molecular complexity index is 578. The van der Waals surface area contributed by atoms with Gasteiger partial charge in [0, 0.05) is 22.8 Å². The summed E-state index contributed by atoms with van der Waals surface area (Å²) in [5.41, 5.74) is 5.80. The van der Waals surface area contributed by atoms with Crippen molar-refractivity contribution in [3.63, 3.8) is 0 Å². The molecular formula is C12H10BrFN2O2. The van der Waals surface area contributed by atoms with E-state index in [1.807, 2.05) is 0 Å². The SMILES string of the molecule is COc1cc(Oc2cncc(Br)c2)c(F)cc1N. The molecule has 94 valence electrons. The number of benzene rings is 1. The minimum Gasteiger partial charge on any atom is -0.494 e. The molecule has 1 heterocycles. The quantitative estimate of drug-likeness (QED) is 0.883. The minimum absolute atomic E-state index is 0.0287. The van der Waals surface area contributed by atoms with Crippen molar-refractivity contribution in [1.82, 2.24) is 4.98 Å². The third-order valence-electron chi connectivity index (χ3n) is 2.19. The Kier molecular flexibility index (Phi) is 3.66. The molecule has 0 aliphatic heterocycles. The fourth-order valence-corrected chi connectivity index (χ4v) is 1.72. The Morgan fingerprint density at radius 1 is 1.22 bits per heavy atom. The van der Waals surface area contributed by atoms with Gasteiger partial charge in [0.2, 0.25) is 0 Å². The fraction of sp³-hybridized carbons (Fsp3) is 0.0833. The summed E-state index contributed by atoms with van der Waals surface area (Å²) in [6.45, 7) is 0. The molecule has 18 heavy (non-hydrogen) atoms. The topological polar surface area (TPSA) is 57.4 Å². The molecule has 1 aromatic carbocycles. The van der Waals surface area contributed by atoms with Crippen LogP contribution in [-0.2, 0) is 0 Å². The molecule has 0 amide bonds. The number of hydrogen-bond acceptors (Lipinski definition) is 4. The van der Waals surface area contributed by atoms with E-state index in [2.05, 4.69) is 20.9 Å². The lowest BCUT2D eigenvalue weighted by atomic mass is 10.2. The summed E-state index contributed by atoms with van der Waals surface area (Å²) in [6, 6.07) is 4.22. The average molecular weight is 313 g/mol. The van der Waals surface area contributed by atoms with E-state index >= 15 is 0 Å². The zero-order valence-corrected chi connectivity index (χ0v) is 11.1. The van der Waals surface area contributed by atoms with Crippen LogP contribution in [0.1, 0.15) is 0 Å². The molecule has 0 unspecified atom stereocenters. The van der Waals surface area contributed by atoms with Gasteiger partial charge >= 0.3 is 0 Å². The highest BCUT2D eigenvalue weighted by atomic mass is 79.9. The van der Waals surface area contributed by atoms with Gasteiger partial charge in [0.25, 0.3) is 0 Å². The first-order valence-corrected chi connectivity index (χ1v) is 5.81. The van der Waals surface area contributed by atoms with Crippen LogP contribution in [0.3, 0.4) is 0 Å². The Labute approximate surface area is 112 Å². The molecule has 0 saturated carbocycles. The summed E-state index contributed by atoms with van der Waals surface area (Å²) in [5.74, 6) is 0.235. The molecule has 0 aliphatic carbocycles. The van der Waals surface area contributed by atoms with Crippen molar-refractivity contribution in [2.24, 2.45) is 0 Å². The van der Waals surface area contributed by atoms with E-state index < -0.39 is 5.82 Å². The molecule has 0 bridgehead atoms. The van der Waals surface area contributed by atoms with Crippen LogP contribution >= 0.6 is 15.9 Å². The zero-order valence-electron chi connectivity index (χ0n) is 9.48. The van der Waals surface area contributed by atoms with Crippen LogP contribution < -0.4 is 15.2 Å². The standard InChI is InChI=1S/C12H10BrFN2O2/c1-17-12-4-11(9(14)3-10(12)15)18-8-2-7(13)5-16-6-8/h2-6H,15H2,1H3. The number of ether oxygens (including phenoxy) is 2. The van der Waals surface area contributed by atoms with Crippen LogP contribution in [-0.4, -0.2) is 12.1 Å². The largest absolute Gasteiger partial charge is 0.494 e. The first-order chi connectivity index (χ1) is 8.60. The van der Waals surface area contributed by atoms with Gasteiger partial charge in [0.05, 0.1) is 19.0 Å². The zero-order chi connectivity index (χ0) is 13.1. The molecule has 4 nitrogen and oxygen atoms in total. The maximum absolute atomic E-state index is 13.7. The van der Waals surface area contributed by atoms with Crippen molar-refractivity contribution in [2.75, 3.05) is 12.8 Å². The molecule has 1 aromatic heterocycles. The van der Waals surface area contributed by atoms with Crippen LogP contribution in [0.25, 0.3) is 0 Å². The van der Waals surface area contributed by atoms with E-state index in [1.165, 1.54) is 19.4 Å². The predicted octanol–water partition coefficient (Wildman–Crippen LogP) is 3.37. The number of methoxy groups -OCH3 is 1. The van der Waals surface area contributed by atoms with Gasteiger partial charge in [0.15, 0.2) is 11.6 Å². The molecule has 6 heteroatoms. The van der Waals surface area contributed by atoms with E-state index in [0.717, 1.165) is 10.5 Å². The minimum atomic E-state index is -0.562. The average Bonchev–Trinajstić information content (AvgIpc) is 2.33. The van der Waals surface area contributed by atoms with Gasteiger partial charge < -0.3 is 15.2 Å². The summed E-state index contributed by atoms with van der Waals surface area (Å²) in [5, 5.41) is 0. The highest BCUT2D eigenvalue weighted by Gasteiger charge is 2.10. The summed E-state index contributed by atoms with van der Waals surface area (Å²) in [6.07, 6.45) is 3.08. The Hall–Kier alpha value is -1.82. The number of pyridine rings is 1. The molecule has 0 radical (unpaired) electrons. The second-order valence-corrected chi connectivity index (χ2v) is 4.38. The maximum atomic E-state index is 13.7. The van der Waals surface area contributed by atoms with Crippen LogP contribution in [0, 0.1) is 5.82 Å². The van der Waals surface area contributed by atoms with Gasteiger partial charge in [-0.1, -0.05) is 0 Å². The van der Waals surface area contributed by atoms with E-state index in [0.29, 0.717) is 11.5 Å². The number of halogens is 2. The molecule has 0 aliphatic rings. The predicted molar refractivity (Wildman–Crippen MR) is 69.4 cm³/mol. The third kappa shape index (κ3) is 2.70. The first-order valence-electron chi connectivity index (χ1n) is 5.01. The summed E-state index contributed by atoms with van der Waals surface area (Å²) in [7, 11) is 1.45. The van der Waals surface area contributed by atoms with Crippen molar-refractivity contribution in [3.05, 3.63) is 40.9 Å². The summed E-state index contributed by atoms with van der Waals surface area (Å²) in [4.78, 5) is 3.92. The van der Waals surface area contributed by atoms with E-state index in [-0.39, 0.29) is 11.4 Å². The van der Waals surface area contributed by atoms with E-state index in [9.17, 15) is 4.39 Å². The highest BCUT2D eigenvalue weighted by molar-refractivity contribution is 9.10. The number of nitrogens with zero attached hydrogens (tertiary/aromatic N) is 1. The summed E-state index contributed by atoms with van der Waals surface area (Å²) >= 11 is 3.25. The number of nitrogen functional groups attached to an aromatic ring is 1. The molecule has 2 rings (SSSR count). The smallest absolute Gasteiger partial charge is 0.168 e. The Balaban J connectivity index is 2.34. The van der Waals surface area contributed by atoms with Gasteiger partial charge in [-0.25, -0.2) is 4.39 Å². The molecule has 0 saturated heterocycles. The van der Waals surface area contributed by atoms with Crippen molar-refractivity contribution in [2.45, 2.75) is 0 Å². The molecular weight excluding hydrogens is 303 g/mol. The van der Waals surface area contributed by atoms with Crippen molar-refractivity contribution >= 4 is 21.6 Å². The second-order valence-electron chi connectivity index (χ2n) is 3.47. The number of rotatable bonds is 3. The normalized spacial score (nSPS) is 10.2. The van der Waals surface area contributed by atoms with Gasteiger partial charge in [-0.15, -0.1) is 0 Å². The highest BCUT2D eigenvalue weighted by Crippen LogP contribution is 2.33. The molecule has 0 atom stereocenters. The lowest BCUT2D eigenvalue weighted by Crippen LogP contribution is -1.96. The number of aromatic nitrogens is 1. The van der Waals surface area contributed by atoms with Crippen molar-refractivity contribution in [1.29, 1.82) is 0 Å². The van der Waals surface area contributed by atoms with Gasteiger partial charge in [-0.3, -0.25) is 4.98 Å². The van der Waals surface area contributed by atoms with Crippen LogP contribution in [0.2, 0.25) is 0 Å².